The van der Waals surface area contributed by atoms with E-state index in [9.17, 15) is 4.79 Å². The molecule has 17 heavy (non-hydrogen) atoms. The second-order valence-corrected chi connectivity index (χ2v) is 4.33. The molecule has 1 atom stereocenters. The number of nitriles is 1. The van der Waals surface area contributed by atoms with E-state index < -0.39 is 6.03 Å². The van der Waals surface area contributed by atoms with Gasteiger partial charge in [-0.3, -0.25) is 0 Å². The van der Waals surface area contributed by atoms with Gasteiger partial charge in [-0.1, -0.05) is 23.2 Å². The van der Waals surface area contributed by atoms with E-state index in [4.69, 9.17) is 28.5 Å². The Kier molecular flexibility index (Phi) is 5.08. The minimum atomic E-state index is -0.420. The number of anilines is 1. The van der Waals surface area contributed by atoms with Crippen molar-refractivity contribution in [3.8, 4) is 6.07 Å². The van der Waals surface area contributed by atoms with Gasteiger partial charge in [0.15, 0.2) is 0 Å². The summed E-state index contributed by atoms with van der Waals surface area (Å²) in [5.74, 6) is -0.240. The van der Waals surface area contributed by atoms with Crippen LogP contribution in [0.2, 0.25) is 10.0 Å². The Labute approximate surface area is 110 Å². The van der Waals surface area contributed by atoms with Crippen LogP contribution >= 0.6 is 23.2 Å². The third-order valence-electron chi connectivity index (χ3n) is 1.97. The predicted molar refractivity (Wildman–Crippen MR) is 68.3 cm³/mol. The van der Waals surface area contributed by atoms with Gasteiger partial charge >= 0.3 is 6.03 Å². The van der Waals surface area contributed by atoms with Crippen molar-refractivity contribution in [3.05, 3.63) is 28.2 Å². The van der Waals surface area contributed by atoms with Crippen LogP contribution in [0.15, 0.2) is 18.2 Å². The zero-order chi connectivity index (χ0) is 12.8. The van der Waals surface area contributed by atoms with Gasteiger partial charge < -0.3 is 10.6 Å². The van der Waals surface area contributed by atoms with E-state index in [2.05, 4.69) is 10.6 Å². The number of nitrogens with zero attached hydrogens (tertiary/aromatic N) is 1. The summed E-state index contributed by atoms with van der Waals surface area (Å²) in [4.78, 5) is 11.5. The molecular formula is C11H11Cl2N3O. The summed E-state index contributed by atoms with van der Waals surface area (Å²) in [6, 6.07) is 6.37. The van der Waals surface area contributed by atoms with Crippen molar-refractivity contribution in [2.45, 2.75) is 6.92 Å². The third-order valence-corrected chi connectivity index (χ3v) is 2.53. The van der Waals surface area contributed by atoms with Crippen molar-refractivity contribution in [2.24, 2.45) is 5.92 Å². The van der Waals surface area contributed by atoms with Crippen molar-refractivity contribution < 1.29 is 4.79 Å². The Hall–Kier alpha value is -1.44. The first-order valence-electron chi connectivity index (χ1n) is 4.92. The zero-order valence-electron chi connectivity index (χ0n) is 9.13. The molecule has 2 N–H and O–H groups in total. The number of hydrogen-bond acceptors (Lipinski definition) is 2. The normalized spacial score (nSPS) is 11.4. The number of carbonyl (C=O) groups excluding carboxylic acids is 1. The lowest BCUT2D eigenvalue weighted by molar-refractivity contribution is 0.251. The van der Waals surface area contributed by atoms with E-state index >= 15 is 0 Å². The Morgan fingerprint density at radius 2 is 2.24 bits per heavy atom. The molecule has 4 nitrogen and oxygen atoms in total. The van der Waals surface area contributed by atoms with Crippen LogP contribution < -0.4 is 10.6 Å². The molecule has 0 aliphatic heterocycles. The van der Waals surface area contributed by atoms with E-state index in [1.54, 1.807) is 25.1 Å². The second-order valence-electron chi connectivity index (χ2n) is 3.49. The molecule has 1 aromatic carbocycles. The molecule has 0 aliphatic rings. The number of rotatable bonds is 3. The number of halogens is 2. The Balaban J connectivity index is 2.57. The number of hydrogen-bond donors (Lipinski definition) is 2. The van der Waals surface area contributed by atoms with Gasteiger partial charge in [-0.05, 0) is 25.1 Å². The molecular weight excluding hydrogens is 261 g/mol. The van der Waals surface area contributed by atoms with Gasteiger partial charge in [-0.2, -0.15) is 5.26 Å². The van der Waals surface area contributed by atoms with Crippen molar-refractivity contribution in [3.63, 3.8) is 0 Å². The van der Waals surface area contributed by atoms with Crippen LogP contribution in [-0.2, 0) is 0 Å². The largest absolute Gasteiger partial charge is 0.337 e. The smallest absolute Gasteiger partial charge is 0.319 e. The highest BCUT2D eigenvalue weighted by atomic mass is 35.5. The number of benzene rings is 1. The van der Waals surface area contributed by atoms with Crippen molar-refractivity contribution >= 4 is 34.9 Å². The summed E-state index contributed by atoms with van der Waals surface area (Å²) >= 11 is 11.7. The molecule has 1 unspecified atom stereocenters. The first kappa shape index (κ1) is 13.6. The molecule has 0 saturated heterocycles. The van der Waals surface area contributed by atoms with Gasteiger partial charge in [0.2, 0.25) is 0 Å². The van der Waals surface area contributed by atoms with Gasteiger partial charge in [0.25, 0.3) is 0 Å². The first-order valence-corrected chi connectivity index (χ1v) is 5.68. The molecule has 0 spiro atoms. The lowest BCUT2D eigenvalue weighted by Crippen LogP contribution is -2.32. The summed E-state index contributed by atoms with van der Waals surface area (Å²) in [6.45, 7) is 1.99. The minimum absolute atomic E-state index is 0.240. The van der Waals surface area contributed by atoms with E-state index in [-0.39, 0.29) is 12.5 Å². The Bertz CT molecular complexity index is 457. The average molecular weight is 272 g/mol. The van der Waals surface area contributed by atoms with Crippen molar-refractivity contribution in [2.75, 3.05) is 11.9 Å². The summed E-state index contributed by atoms with van der Waals surface area (Å²) in [7, 11) is 0. The molecule has 0 fully saturated rings. The molecule has 0 aromatic heterocycles. The van der Waals surface area contributed by atoms with Gasteiger partial charge in [0, 0.05) is 11.6 Å². The molecule has 0 bridgehead atoms. The molecule has 0 saturated carbocycles. The SMILES string of the molecule is CC(C#N)CNC(=O)Nc1cc(Cl)ccc1Cl. The lowest BCUT2D eigenvalue weighted by Gasteiger charge is -2.09. The predicted octanol–water partition coefficient (Wildman–Crippen LogP) is 3.27. The first-order chi connectivity index (χ1) is 8.02. The fourth-order valence-electron chi connectivity index (χ4n) is 1.05. The van der Waals surface area contributed by atoms with Crippen LogP contribution in [0.3, 0.4) is 0 Å². The van der Waals surface area contributed by atoms with Crippen LogP contribution in [0.5, 0.6) is 0 Å². The van der Waals surface area contributed by atoms with Gasteiger partial charge in [-0.15, -0.1) is 0 Å². The van der Waals surface area contributed by atoms with Crippen LogP contribution in [0.25, 0.3) is 0 Å². The molecule has 0 aliphatic carbocycles. The van der Waals surface area contributed by atoms with Gasteiger partial charge in [-0.25, -0.2) is 4.79 Å². The quantitative estimate of drug-likeness (QED) is 0.886. The van der Waals surface area contributed by atoms with E-state index in [1.165, 1.54) is 0 Å². The fourth-order valence-corrected chi connectivity index (χ4v) is 1.39. The number of carbonyl (C=O) groups is 1. The third kappa shape index (κ3) is 4.51. The molecule has 1 rings (SSSR count). The second kappa shape index (κ2) is 6.33. The monoisotopic (exact) mass is 271 g/mol. The van der Waals surface area contributed by atoms with Crippen LogP contribution in [0.4, 0.5) is 10.5 Å². The van der Waals surface area contributed by atoms with E-state index in [0.717, 1.165) is 0 Å². The van der Waals surface area contributed by atoms with Gasteiger partial charge in [0.05, 0.1) is 22.7 Å². The topological polar surface area (TPSA) is 64.9 Å². The highest BCUT2D eigenvalue weighted by molar-refractivity contribution is 6.35. The number of urea groups is 1. The van der Waals surface area contributed by atoms with Gasteiger partial charge in [0.1, 0.15) is 0 Å². The van der Waals surface area contributed by atoms with Crippen LogP contribution in [0, 0.1) is 17.2 Å². The highest BCUT2D eigenvalue weighted by Crippen LogP contribution is 2.25. The molecule has 0 heterocycles. The zero-order valence-corrected chi connectivity index (χ0v) is 10.6. The maximum atomic E-state index is 11.5. The fraction of sp³-hybridized carbons (Fsp3) is 0.273. The summed E-state index contributed by atoms with van der Waals surface area (Å²) in [6.07, 6.45) is 0. The lowest BCUT2D eigenvalue weighted by atomic mass is 10.2. The number of amides is 2. The molecule has 0 radical (unpaired) electrons. The van der Waals surface area contributed by atoms with Crippen molar-refractivity contribution in [1.29, 1.82) is 5.26 Å². The molecule has 1 aromatic rings. The minimum Gasteiger partial charge on any atom is -0.337 e. The average Bonchev–Trinajstić information content (AvgIpc) is 2.30. The maximum absolute atomic E-state index is 11.5. The summed E-state index contributed by atoms with van der Waals surface area (Å²) in [5, 5.41) is 14.5. The van der Waals surface area contributed by atoms with E-state index in [1.807, 2.05) is 6.07 Å². The van der Waals surface area contributed by atoms with Crippen LogP contribution in [-0.4, -0.2) is 12.6 Å². The standard InChI is InChI=1S/C11H11Cl2N3O/c1-7(5-14)6-15-11(17)16-10-4-8(12)2-3-9(10)13/h2-4,7H,6H2,1H3,(H2,15,16,17). The summed E-state index contributed by atoms with van der Waals surface area (Å²) in [5.41, 5.74) is 0.432. The number of nitrogens with one attached hydrogen (secondary N) is 2. The molecule has 2 amide bonds. The maximum Gasteiger partial charge on any atom is 0.319 e. The Morgan fingerprint density at radius 3 is 2.88 bits per heavy atom. The molecule has 6 heteroatoms. The molecule has 90 valence electrons. The van der Waals surface area contributed by atoms with E-state index in [0.29, 0.717) is 15.7 Å². The Morgan fingerprint density at radius 1 is 1.53 bits per heavy atom. The highest BCUT2D eigenvalue weighted by Gasteiger charge is 2.07. The van der Waals surface area contributed by atoms with Crippen molar-refractivity contribution in [1.82, 2.24) is 5.32 Å². The van der Waals surface area contributed by atoms with Crippen LogP contribution in [0.1, 0.15) is 6.92 Å². The summed E-state index contributed by atoms with van der Waals surface area (Å²) < 4.78 is 0.